The zero-order chi connectivity index (χ0) is 23.6. The molecule has 0 radical (unpaired) electrons. The van der Waals surface area contributed by atoms with Crippen molar-refractivity contribution in [2.75, 3.05) is 5.32 Å². The van der Waals surface area contributed by atoms with E-state index >= 15 is 0 Å². The van der Waals surface area contributed by atoms with E-state index in [0.29, 0.717) is 23.7 Å². The number of hydrogen-bond donors (Lipinski definition) is 3. The molecule has 0 amide bonds. The first kappa shape index (κ1) is 22.3. The number of phenolic OH excluding ortho intramolecular Hbond substituents is 1. The Labute approximate surface area is 191 Å². The molecule has 0 aliphatic heterocycles. The van der Waals surface area contributed by atoms with Crippen LogP contribution in [0.3, 0.4) is 0 Å². The van der Waals surface area contributed by atoms with Crippen molar-refractivity contribution < 1.29 is 13.5 Å². The van der Waals surface area contributed by atoms with Gasteiger partial charge in [-0.3, -0.25) is 4.40 Å². The Morgan fingerprint density at radius 2 is 1.88 bits per heavy atom. The molecule has 33 heavy (non-hydrogen) atoms. The first-order valence-electron chi connectivity index (χ1n) is 10.1. The van der Waals surface area contributed by atoms with Gasteiger partial charge in [0, 0.05) is 18.3 Å². The Morgan fingerprint density at radius 3 is 2.52 bits per heavy atom. The minimum absolute atomic E-state index is 0.0588. The molecule has 8 nitrogen and oxygen atoms in total. The number of nitrogens with zero attached hydrogens (tertiary/aromatic N) is 3. The molecule has 4 N–H and O–H groups in total. The van der Waals surface area contributed by atoms with Crippen LogP contribution in [0.15, 0.2) is 84.6 Å². The number of nitrogens with one attached hydrogen (secondary N) is 1. The van der Waals surface area contributed by atoms with Gasteiger partial charge in [0.15, 0.2) is 11.5 Å². The van der Waals surface area contributed by atoms with Gasteiger partial charge in [0.25, 0.3) is 0 Å². The minimum Gasteiger partial charge on any atom is -0.508 e. The number of benzene rings is 2. The monoisotopic (exact) mass is 461 g/mol. The second-order valence-electron chi connectivity index (χ2n) is 7.49. The molecule has 168 valence electrons. The van der Waals surface area contributed by atoms with Crippen LogP contribution in [-0.2, 0) is 16.6 Å². The van der Waals surface area contributed by atoms with Gasteiger partial charge in [0.05, 0.1) is 22.5 Å². The summed E-state index contributed by atoms with van der Waals surface area (Å²) in [6.45, 7) is 6.14. The summed E-state index contributed by atoms with van der Waals surface area (Å²) in [7, 11) is -3.74. The molecule has 9 heteroatoms. The molecule has 0 atom stereocenters. The van der Waals surface area contributed by atoms with Gasteiger partial charge in [0.2, 0.25) is 10.0 Å². The van der Waals surface area contributed by atoms with Crippen LogP contribution in [0.2, 0.25) is 0 Å². The second-order valence-corrected chi connectivity index (χ2v) is 9.05. The molecular weight excluding hydrogens is 438 g/mol. The lowest BCUT2D eigenvalue weighted by Gasteiger charge is -2.12. The molecule has 0 saturated heterocycles. The van der Waals surface area contributed by atoms with Crippen molar-refractivity contribution in [2.45, 2.75) is 18.4 Å². The highest BCUT2D eigenvalue weighted by Gasteiger charge is 2.14. The molecule has 0 unspecified atom stereocenters. The summed E-state index contributed by atoms with van der Waals surface area (Å²) in [5, 5.41) is 18.1. The Kier molecular flexibility index (Phi) is 5.99. The highest BCUT2D eigenvalue weighted by atomic mass is 32.2. The third-order valence-electron chi connectivity index (χ3n) is 5.14. The zero-order valence-electron chi connectivity index (χ0n) is 17.9. The van der Waals surface area contributed by atoms with Crippen LogP contribution in [0.5, 0.6) is 5.75 Å². The van der Waals surface area contributed by atoms with Gasteiger partial charge in [-0.2, -0.15) is 0 Å². The Balaban J connectivity index is 1.75. The Hall–Kier alpha value is -3.95. The predicted octanol–water partition coefficient (Wildman–Crippen LogP) is 3.95. The fraction of sp³-hybridized carbons (Fsp3) is 0.0833. The number of aromatic hydroxyl groups is 1. The van der Waals surface area contributed by atoms with Gasteiger partial charge in [-0.1, -0.05) is 30.9 Å². The normalized spacial score (nSPS) is 12.1. The molecule has 2 heterocycles. The maximum atomic E-state index is 11.5. The first-order chi connectivity index (χ1) is 15.8. The lowest BCUT2D eigenvalue weighted by atomic mass is 10.1. The molecule has 2 aromatic carbocycles. The van der Waals surface area contributed by atoms with E-state index in [1.54, 1.807) is 48.7 Å². The molecule has 0 aliphatic rings. The van der Waals surface area contributed by atoms with E-state index in [4.69, 9.17) is 10.1 Å². The van der Waals surface area contributed by atoms with Crippen molar-refractivity contribution in [3.63, 3.8) is 0 Å². The molecule has 4 aromatic rings. The van der Waals surface area contributed by atoms with E-state index in [-0.39, 0.29) is 10.6 Å². The summed E-state index contributed by atoms with van der Waals surface area (Å²) in [5.41, 5.74) is 4.91. The van der Waals surface area contributed by atoms with E-state index in [9.17, 15) is 13.5 Å². The molecule has 0 spiro atoms. The number of allylic oxidation sites excluding steroid dienone is 3. The van der Waals surface area contributed by atoms with Crippen LogP contribution < -0.4 is 10.5 Å². The van der Waals surface area contributed by atoms with Crippen molar-refractivity contribution in [1.29, 1.82) is 0 Å². The summed E-state index contributed by atoms with van der Waals surface area (Å²) in [5.74, 6) is 0.739. The van der Waals surface area contributed by atoms with Crippen molar-refractivity contribution in [1.82, 2.24) is 14.4 Å². The van der Waals surface area contributed by atoms with Gasteiger partial charge >= 0.3 is 0 Å². The minimum atomic E-state index is -3.74. The van der Waals surface area contributed by atoms with E-state index in [1.165, 1.54) is 12.1 Å². The molecule has 2 aromatic heterocycles. The van der Waals surface area contributed by atoms with Crippen molar-refractivity contribution >= 4 is 27.1 Å². The standard InChI is InChI=1S/C24H23N5O3S/c1-3-4-16(2)22-14-27-24-23(26-13-17-5-11-20(12-6-17)33(25,31)32)28-21(15-29(22)24)18-7-9-19(30)10-8-18/h3-12,14-15,30H,1,13H2,2H3,(H,26,28)(H2,25,31,32). The van der Waals surface area contributed by atoms with E-state index < -0.39 is 10.0 Å². The lowest BCUT2D eigenvalue weighted by Crippen LogP contribution is -2.12. The fourth-order valence-corrected chi connectivity index (χ4v) is 3.93. The largest absolute Gasteiger partial charge is 0.508 e. The smallest absolute Gasteiger partial charge is 0.238 e. The van der Waals surface area contributed by atoms with Crippen LogP contribution in [-0.4, -0.2) is 27.9 Å². The Morgan fingerprint density at radius 1 is 1.18 bits per heavy atom. The van der Waals surface area contributed by atoms with Gasteiger partial charge in [-0.15, -0.1) is 0 Å². The number of hydrogen-bond acceptors (Lipinski definition) is 6. The SMILES string of the molecule is C=CC=C(C)c1cnc2c(NCc3ccc(S(N)(=O)=O)cc3)nc(-c3ccc(O)cc3)cn12. The zero-order valence-corrected chi connectivity index (χ0v) is 18.7. The van der Waals surface area contributed by atoms with Crippen LogP contribution in [0.4, 0.5) is 5.82 Å². The maximum absolute atomic E-state index is 11.5. The number of phenols is 1. The number of primary sulfonamides is 1. The molecule has 4 rings (SSSR count). The summed E-state index contributed by atoms with van der Waals surface area (Å²) in [4.78, 5) is 9.38. The molecular formula is C24H23N5O3S. The number of rotatable bonds is 7. The number of sulfonamides is 1. The van der Waals surface area contributed by atoms with Gasteiger partial charge in [-0.25, -0.2) is 23.5 Å². The van der Waals surface area contributed by atoms with Crippen LogP contribution in [0.1, 0.15) is 18.2 Å². The van der Waals surface area contributed by atoms with E-state index in [0.717, 1.165) is 22.4 Å². The van der Waals surface area contributed by atoms with Crippen molar-refractivity contribution in [3.05, 3.63) is 90.9 Å². The number of nitrogens with two attached hydrogens (primary N) is 1. The quantitative estimate of drug-likeness (QED) is 0.358. The summed E-state index contributed by atoms with van der Waals surface area (Å²) in [6, 6.07) is 13.1. The van der Waals surface area contributed by atoms with Gasteiger partial charge in [0.1, 0.15) is 5.75 Å². The molecule has 0 fully saturated rings. The molecule has 0 saturated carbocycles. The number of aromatic nitrogens is 3. The van der Waals surface area contributed by atoms with E-state index in [1.807, 2.05) is 23.6 Å². The van der Waals surface area contributed by atoms with Gasteiger partial charge in [-0.05, 0) is 54.5 Å². The van der Waals surface area contributed by atoms with Crippen LogP contribution >= 0.6 is 0 Å². The van der Waals surface area contributed by atoms with Crippen molar-refractivity contribution in [3.8, 4) is 17.0 Å². The number of anilines is 1. The number of fused-ring (bicyclic) bond motifs is 1. The summed E-state index contributed by atoms with van der Waals surface area (Å²) in [6.07, 6.45) is 7.31. The third-order valence-corrected chi connectivity index (χ3v) is 6.07. The van der Waals surface area contributed by atoms with E-state index in [2.05, 4.69) is 16.9 Å². The predicted molar refractivity (Wildman–Crippen MR) is 129 cm³/mol. The average Bonchev–Trinajstić information content (AvgIpc) is 3.22. The maximum Gasteiger partial charge on any atom is 0.238 e. The topological polar surface area (TPSA) is 123 Å². The summed E-state index contributed by atoms with van der Waals surface area (Å²) < 4.78 is 24.9. The average molecular weight is 462 g/mol. The first-order valence-corrected chi connectivity index (χ1v) is 11.6. The van der Waals surface area contributed by atoms with Gasteiger partial charge < -0.3 is 10.4 Å². The molecule has 0 bridgehead atoms. The fourth-order valence-electron chi connectivity index (χ4n) is 3.41. The third kappa shape index (κ3) is 4.79. The van der Waals surface area contributed by atoms with Crippen LogP contribution in [0.25, 0.3) is 22.5 Å². The summed E-state index contributed by atoms with van der Waals surface area (Å²) >= 11 is 0. The van der Waals surface area contributed by atoms with Crippen LogP contribution in [0, 0.1) is 0 Å². The Bertz CT molecular complexity index is 1450. The highest BCUT2D eigenvalue weighted by molar-refractivity contribution is 7.89. The number of imidazole rings is 1. The van der Waals surface area contributed by atoms with Crippen molar-refractivity contribution in [2.24, 2.45) is 5.14 Å². The molecule has 0 aliphatic carbocycles. The second kappa shape index (κ2) is 8.89. The highest BCUT2D eigenvalue weighted by Crippen LogP contribution is 2.27. The lowest BCUT2D eigenvalue weighted by molar-refractivity contribution is 0.475.